The molecule has 2 rings (SSSR count). The number of ether oxygens (including phenoxy) is 1. The Kier molecular flexibility index (Phi) is 4.31. The van der Waals surface area contributed by atoms with Gasteiger partial charge in [-0.1, -0.05) is 26.0 Å². The van der Waals surface area contributed by atoms with Crippen LogP contribution >= 0.6 is 0 Å². The fourth-order valence-corrected chi connectivity index (χ4v) is 3.74. The van der Waals surface area contributed by atoms with E-state index in [9.17, 15) is 4.79 Å². The first-order chi connectivity index (χ1) is 9.81. The second kappa shape index (κ2) is 5.70. The number of hydrogen-bond donors (Lipinski definition) is 0. The molecule has 2 atom stereocenters. The Hall–Kier alpha value is -1.51. The predicted octanol–water partition coefficient (Wildman–Crippen LogP) is 4.04. The van der Waals surface area contributed by atoms with E-state index in [1.165, 1.54) is 23.9 Å². The molecule has 3 nitrogen and oxygen atoms in total. The molecule has 1 aromatic carbocycles. The molecule has 21 heavy (non-hydrogen) atoms. The maximum Gasteiger partial charge on any atom is 0.328 e. The molecule has 0 N–H and O–H groups in total. The standard InChI is InChI=1S/C18H27NO2/c1-7-15(17(20)21-6)19-16-10-12(2)8-9-14(16)13(3)11-18(19,4)5/h8-10,13,15H,7,11H2,1-6H3/t13-,15+/m0/s1. The normalized spacial score (nSPS) is 21.6. The van der Waals surface area contributed by atoms with Crippen molar-refractivity contribution in [3.8, 4) is 0 Å². The van der Waals surface area contributed by atoms with Gasteiger partial charge in [-0.05, 0) is 56.7 Å². The molecule has 0 radical (unpaired) electrons. The molecule has 0 aliphatic carbocycles. The van der Waals surface area contributed by atoms with Crippen molar-refractivity contribution in [2.75, 3.05) is 12.0 Å². The van der Waals surface area contributed by atoms with Crippen LogP contribution in [0.3, 0.4) is 0 Å². The summed E-state index contributed by atoms with van der Waals surface area (Å²) in [5.74, 6) is 0.356. The summed E-state index contributed by atoms with van der Waals surface area (Å²) in [4.78, 5) is 14.5. The summed E-state index contributed by atoms with van der Waals surface area (Å²) in [6.07, 6.45) is 1.79. The largest absolute Gasteiger partial charge is 0.467 e. The summed E-state index contributed by atoms with van der Waals surface area (Å²) in [5, 5.41) is 0. The smallest absolute Gasteiger partial charge is 0.328 e. The van der Waals surface area contributed by atoms with Gasteiger partial charge in [-0.25, -0.2) is 4.79 Å². The lowest BCUT2D eigenvalue weighted by Crippen LogP contribution is -2.56. The number of fused-ring (bicyclic) bond motifs is 1. The number of carbonyl (C=O) groups excluding carboxylic acids is 1. The molecule has 0 amide bonds. The second-order valence-electron chi connectivity index (χ2n) is 6.80. The van der Waals surface area contributed by atoms with Gasteiger partial charge in [0.15, 0.2) is 0 Å². The molecular weight excluding hydrogens is 262 g/mol. The van der Waals surface area contributed by atoms with E-state index in [1.54, 1.807) is 0 Å². The van der Waals surface area contributed by atoms with Crippen molar-refractivity contribution in [2.45, 2.75) is 65.0 Å². The highest BCUT2D eigenvalue weighted by molar-refractivity contribution is 5.81. The van der Waals surface area contributed by atoms with Crippen LogP contribution < -0.4 is 4.90 Å². The van der Waals surface area contributed by atoms with E-state index < -0.39 is 0 Å². The first kappa shape index (κ1) is 15.9. The van der Waals surface area contributed by atoms with Gasteiger partial charge in [-0.3, -0.25) is 0 Å². The van der Waals surface area contributed by atoms with Crippen LogP contribution in [-0.2, 0) is 9.53 Å². The van der Waals surface area contributed by atoms with Crippen molar-refractivity contribution in [3.63, 3.8) is 0 Å². The quantitative estimate of drug-likeness (QED) is 0.787. The fourth-order valence-electron chi connectivity index (χ4n) is 3.74. The number of hydrogen-bond acceptors (Lipinski definition) is 3. The lowest BCUT2D eigenvalue weighted by molar-refractivity contribution is -0.142. The zero-order valence-corrected chi connectivity index (χ0v) is 14.1. The van der Waals surface area contributed by atoms with Gasteiger partial charge in [-0.15, -0.1) is 0 Å². The van der Waals surface area contributed by atoms with Crippen LogP contribution in [0.5, 0.6) is 0 Å². The maximum absolute atomic E-state index is 12.2. The van der Waals surface area contributed by atoms with Crippen molar-refractivity contribution in [2.24, 2.45) is 0 Å². The number of aryl methyl sites for hydroxylation is 1. The van der Waals surface area contributed by atoms with Gasteiger partial charge in [0.05, 0.1) is 7.11 Å². The number of rotatable bonds is 3. The van der Waals surface area contributed by atoms with Crippen LogP contribution in [0.2, 0.25) is 0 Å². The molecule has 0 saturated heterocycles. The zero-order chi connectivity index (χ0) is 15.8. The molecular formula is C18H27NO2. The molecule has 1 aliphatic rings. The highest BCUT2D eigenvalue weighted by atomic mass is 16.5. The first-order valence-electron chi connectivity index (χ1n) is 7.79. The van der Waals surface area contributed by atoms with E-state index in [0.29, 0.717) is 5.92 Å². The van der Waals surface area contributed by atoms with E-state index in [2.05, 4.69) is 50.8 Å². The molecule has 1 aromatic rings. The summed E-state index contributed by atoms with van der Waals surface area (Å²) in [7, 11) is 1.47. The van der Waals surface area contributed by atoms with Crippen LogP contribution in [0, 0.1) is 6.92 Å². The van der Waals surface area contributed by atoms with Crippen molar-refractivity contribution >= 4 is 11.7 Å². The maximum atomic E-state index is 12.2. The monoisotopic (exact) mass is 289 g/mol. The molecule has 0 fully saturated rings. The Labute approximate surface area is 128 Å². The van der Waals surface area contributed by atoms with Crippen molar-refractivity contribution in [1.29, 1.82) is 0 Å². The molecule has 0 spiro atoms. The Morgan fingerprint density at radius 1 is 1.48 bits per heavy atom. The van der Waals surface area contributed by atoms with Gasteiger partial charge in [0.25, 0.3) is 0 Å². The third kappa shape index (κ3) is 2.78. The first-order valence-corrected chi connectivity index (χ1v) is 7.79. The van der Waals surface area contributed by atoms with E-state index in [0.717, 1.165) is 12.8 Å². The molecule has 1 heterocycles. The Bertz CT molecular complexity index is 536. The summed E-state index contributed by atoms with van der Waals surface area (Å²) < 4.78 is 5.04. The molecule has 0 saturated carbocycles. The van der Waals surface area contributed by atoms with E-state index in [-0.39, 0.29) is 17.6 Å². The second-order valence-corrected chi connectivity index (χ2v) is 6.80. The van der Waals surface area contributed by atoms with E-state index >= 15 is 0 Å². The van der Waals surface area contributed by atoms with E-state index in [4.69, 9.17) is 4.74 Å². The highest BCUT2D eigenvalue weighted by Gasteiger charge is 2.42. The molecule has 116 valence electrons. The minimum absolute atomic E-state index is 0.0604. The van der Waals surface area contributed by atoms with Gasteiger partial charge >= 0.3 is 5.97 Å². The van der Waals surface area contributed by atoms with Gasteiger partial charge in [0.2, 0.25) is 0 Å². The van der Waals surface area contributed by atoms with Crippen LogP contribution in [0.4, 0.5) is 5.69 Å². The van der Waals surface area contributed by atoms with Crippen molar-refractivity contribution in [3.05, 3.63) is 29.3 Å². The molecule has 0 aromatic heterocycles. The molecule has 3 heteroatoms. The molecule has 0 unspecified atom stereocenters. The van der Waals surface area contributed by atoms with Crippen LogP contribution in [0.1, 0.15) is 57.6 Å². The predicted molar refractivity (Wildman–Crippen MR) is 86.9 cm³/mol. The van der Waals surface area contributed by atoms with Gasteiger partial charge < -0.3 is 9.64 Å². The van der Waals surface area contributed by atoms with Gasteiger partial charge in [0.1, 0.15) is 6.04 Å². The lowest BCUT2D eigenvalue weighted by Gasteiger charge is -2.50. The highest BCUT2D eigenvalue weighted by Crippen LogP contribution is 2.45. The topological polar surface area (TPSA) is 29.5 Å². The summed E-state index contributed by atoms with van der Waals surface area (Å²) in [6.45, 7) is 10.9. The average molecular weight is 289 g/mol. The SMILES string of the molecule is CC[C@H](C(=O)OC)N1c2cc(C)ccc2[C@@H](C)CC1(C)C. The minimum Gasteiger partial charge on any atom is -0.467 e. The van der Waals surface area contributed by atoms with Crippen LogP contribution in [0.15, 0.2) is 18.2 Å². The van der Waals surface area contributed by atoms with Crippen LogP contribution in [-0.4, -0.2) is 24.7 Å². The number of carbonyl (C=O) groups is 1. The third-order valence-electron chi connectivity index (χ3n) is 4.61. The summed E-state index contributed by atoms with van der Waals surface area (Å²) in [6, 6.07) is 6.35. The molecule has 1 aliphatic heterocycles. The van der Waals surface area contributed by atoms with Gasteiger partial charge in [-0.2, -0.15) is 0 Å². The summed E-state index contributed by atoms with van der Waals surface area (Å²) >= 11 is 0. The fraction of sp³-hybridized carbons (Fsp3) is 0.611. The number of esters is 1. The number of methoxy groups -OCH3 is 1. The Morgan fingerprint density at radius 3 is 2.71 bits per heavy atom. The van der Waals surface area contributed by atoms with E-state index in [1.807, 2.05) is 6.92 Å². The third-order valence-corrected chi connectivity index (χ3v) is 4.61. The Balaban J connectivity index is 2.59. The Morgan fingerprint density at radius 2 is 2.14 bits per heavy atom. The van der Waals surface area contributed by atoms with Crippen molar-refractivity contribution < 1.29 is 9.53 Å². The average Bonchev–Trinajstić information content (AvgIpc) is 2.41. The number of benzene rings is 1. The van der Waals surface area contributed by atoms with Gasteiger partial charge in [0, 0.05) is 11.2 Å². The number of nitrogens with zero attached hydrogens (tertiary/aromatic N) is 1. The molecule has 0 bridgehead atoms. The van der Waals surface area contributed by atoms with Crippen LogP contribution in [0.25, 0.3) is 0 Å². The van der Waals surface area contributed by atoms with Crippen molar-refractivity contribution in [1.82, 2.24) is 0 Å². The zero-order valence-electron chi connectivity index (χ0n) is 14.1. The minimum atomic E-state index is -0.224. The lowest BCUT2D eigenvalue weighted by atomic mass is 9.78. The summed E-state index contributed by atoms with van der Waals surface area (Å²) in [5.41, 5.74) is 3.69. The number of anilines is 1.